The summed E-state index contributed by atoms with van der Waals surface area (Å²) < 4.78 is 5.02. The molecule has 2 heterocycles. The second kappa shape index (κ2) is 7.06. The highest BCUT2D eigenvalue weighted by Gasteiger charge is 2.35. The molecule has 7 nitrogen and oxygen atoms in total. The van der Waals surface area contributed by atoms with Gasteiger partial charge < -0.3 is 19.4 Å². The number of carbonyl (C=O) groups excluding carboxylic acids is 1. The number of rotatable bonds is 3. The summed E-state index contributed by atoms with van der Waals surface area (Å²) in [5, 5.41) is 0. The van der Waals surface area contributed by atoms with Crippen LogP contribution >= 0.6 is 0 Å². The second-order valence-corrected chi connectivity index (χ2v) is 7.38. The first-order chi connectivity index (χ1) is 11.9. The quantitative estimate of drug-likeness (QED) is 0.760. The van der Waals surface area contributed by atoms with Gasteiger partial charge in [0.25, 0.3) is 10.9 Å². The van der Waals surface area contributed by atoms with Crippen molar-refractivity contribution in [2.75, 3.05) is 55.7 Å². The van der Waals surface area contributed by atoms with Crippen molar-refractivity contribution in [3.63, 3.8) is 0 Å². The van der Waals surface area contributed by atoms with Crippen molar-refractivity contribution >= 4 is 17.5 Å². The molecule has 0 N–H and O–H groups in total. The monoisotopic (exact) mass is 349 g/mol. The van der Waals surface area contributed by atoms with Gasteiger partial charge in [0.05, 0.1) is 6.61 Å². The van der Waals surface area contributed by atoms with Crippen LogP contribution < -0.4 is 20.7 Å². The zero-order chi connectivity index (χ0) is 18.1. The number of ether oxygens (including phenoxy) is 1. The summed E-state index contributed by atoms with van der Waals surface area (Å²) in [5.41, 5.74) is 0.400. The number of piperidine rings is 1. The molecule has 0 spiro atoms. The van der Waals surface area contributed by atoms with Gasteiger partial charge in [0.15, 0.2) is 0 Å². The normalized spacial score (nSPS) is 24.7. The minimum atomic E-state index is -0.384. The Balaban J connectivity index is 1.72. The molecule has 3 rings (SSSR count). The zero-order valence-electron chi connectivity index (χ0n) is 15.3. The molecule has 2 aliphatic rings. The fraction of sp³-hybridized carbons (Fsp3) is 0.722. The Hall–Kier alpha value is -2.05. The van der Waals surface area contributed by atoms with Crippen LogP contribution in [0.5, 0.6) is 0 Å². The average Bonchev–Trinajstić information content (AvgIpc) is 2.58. The van der Waals surface area contributed by atoms with Crippen molar-refractivity contribution in [1.82, 2.24) is 4.90 Å². The molecular weight excluding hydrogens is 322 g/mol. The molecule has 0 aromatic heterocycles. The first kappa shape index (κ1) is 17.8. The van der Waals surface area contributed by atoms with Gasteiger partial charge in [-0.3, -0.25) is 9.59 Å². The average molecular weight is 349 g/mol. The van der Waals surface area contributed by atoms with E-state index in [9.17, 15) is 14.4 Å². The third kappa shape index (κ3) is 3.37. The van der Waals surface area contributed by atoms with Gasteiger partial charge in [-0.2, -0.15) is 0 Å². The Morgan fingerprint density at radius 3 is 2.00 bits per heavy atom. The number of piperazine rings is 1. The maximum absolute atomic E-state index is 12.2. The molecule has 0 bridgehead atoms. The topological polar surface area (TPSA) is 70.2 Å². The molecule has 1 aromatic carbocycles. The SMILES string of the molecule is CCOC(=O)N1CCN(c2c(N3C[C@H](C)C[C@@H](C)C3)c(=O)c2=O)CC1. The van der Waals surface area contributed by atoms with Gasteiger partial charge >= 0.3 is 6.09 Å². The van der Waals surface area contributed by atoms with E-state index in [2.05, 4.69) is 18.7 Å². The number of carbonyl (C=O) groups is 1. The Kier molecular flexibility index (Phi) is 5.01. The van der Waals surface area contributed by atoms with Crippen LogP contribution in [0.1, 0.15) is 27.2 Å². The summed E-state index contributed by atoms with van der Waals surface area (Å²) in [4.78, 5) is 41.9. The van der Waals surface area contributed by atoms with Crippen LogP contribution in [0.4, 0.5) is 16.2 Å². The number of amides is 1. The van der Waals surface area contributed by atoms with Gasteiger partial charge in [-0.25, -0.2) is 4.79 Å². The lowest BCUT2D eigenvalue weighted by Gasteiger charge is -2.41. The lowest BCUT2D eigenvalue weighted by molar-refractivity contribution is 0.105. The third-order valence-electron chi connectivity index (χ3n) is 5.17. The van der Waals surface area contributed by atoms with E-state index in [0.717, 1.165) is 19.5 Å². The zero-order valence-corrected chi connectivity index (χ0v) is 15.3. The summed E-state index contributed by atoms with van der Waals surface area (Å²) in [6, 6.07) is 0. The van der Waals surface area contributed by atoms with Crippen molar-refractivity contribution in [2.45, 2.75) is 27.2 Å². The minimum absolute atomic E-state index is 0.314. The van der Waals surface area contributed by atoms with E-state index in [1.807, 2.05) is 4.90 Å². The standard InChI is InChI=1S/C18H27N3O4/c1-4-25-18(24)20-7-5-19(6-8-20)14-15(17(23)16(14)22)21-10-12(2)9-13(3)11-21/h12-13H,4-11H2,1-3H3/t12-,13-/m1/s1. The summed E-state index contributed by atoms with van der Waals surface area (Å²) in [6.07, 6.45) is 0.838. The number of hydrogen-bond acceptors (Lipinski definition) is 6. The van der Waals surface area contributed by atoms with Crippen LogP contribution in [-0.4, -0.2) is 56.9 Å². The summed E-state index contributed by atoms with van der Waals surface area (Å²) in [7, 11) is 0. The van der Waals surface area contributed by atoms with E-state index in [-0.39, 0.29) is 17.0 Å². The van der Waals surface area contributed by atoms with Gasteiger partial charge in [0, 0.05) is 39.3 Å². The highest BCUT2D eigenvalue weighted by Crippen LogP contribution is 2.31. The Morgan fingerprint density at radius 2 is 1.48 bits per heavy atom. The third-order valence-corrected chi connectivity index (χ3v) is 5.17. The highest BCUT2D eigenvalue weighted by atomic mass is 16.6. The molecular formula is C18H27N3O4. The van der Waals surface area contributed by atoms with E-state index in [1.54, 1.807) is 11.8 Å². The second-order valence-electron chi connectivity index (χ2n) is 7.38. The van der Waals surface area contributed by atoms with E-state index in [1.165, 1.54) is 0 Å². The molecule has 2 fully saturated rings. The Bertz CT molecular complexity index is 692. The van der Waals surface area contributed by atoms with Crippen LogP contribution in [0, 0.1) is 11.8 Å². The molecule has 138 valence electrons. The number of anilines is 2. The van der Waals surface area contributed by atoms with E-state index < -0.39 is 0 Å². The maximum atomic E-state index is 12.2. The highest BCUT2D eigenvalue weighted by molar-refractivity contribution is 5.77. The summed E-state index contributed by atoms with van der Waals surface area (Å²) in [6.45, 7) is 10.3. The van der Waals surface area contributed by atoms with Gasteiger partial charge in [0.2, 0.25) is 0 Å². The van der Waals surface area contributed by atoms with Crippen LogP contribution in [0.2, 0.25) is 0 Å². The lowest BCUT2D eigenvalue weighted by Crippen LogP contribution is -2.55. The molecule has 0 radical (unpaired) electrons. The molecule has 1 amide bonds. The van der Waals surface area contributed by atoms with Crippen LogP contribution in [0.25, 0.3) is 0 Å². The Labute approximate surface area is 147 Å². The molecule has 0 unspecified atom stereocenters. The molecule has 2 saturated heterocycles. The predicted molar refractivity (Wildman–Crippen MR) is 97.3 cm³/mol. The van der Waals surface area contributed by atoms with E-state index in [4.69, 9.17) is 4.74 Å². The molecule has 1 aromatic rings. The van der Waals surface area contributed by atoms with Crippen LogP contribution in [0.15, 0.2) is 9.59 Å². The first-order valence-electron chi connectivity index (χ1n) is 9.17. The van der Waals surface area contributed by atoms with E-state index >= 15 is 0 Å². The number of nitrogens with zero attached hydrogens (tertiary/aromatic N) is 3. The first-order valence-corrected chi connectivity index (χ1v) is 9.17. The summed E-state index contributed by atoms with van der Waals surface area (Å²) in [5.74, 6) is 1.03. The van der Waals surface area contributed by atoms with Crippen molar-refractivity contribution in [3.05, 3.63) is 20.4 Å². The van der Waals surface area contributed by atoms with Gasteiger partial charge in [-0.15, -0.1) is 0 Å². The molecule has 25 heavy (non-hydrogen) atoms. The molecule has 2 aliphatic heterocycles. The fourth-order valence-electron chi connectivity index (χ4n) is 4.13. The fourth-order valence-corrected chi connectivity index (χ4v) is 4.13. The van der Waals surface area contributed by atoms with Gasteiger partial charge in [0.1, 0.15) is 11.4 Å². The maximum Gasteiger partial charge on any atom is 0.409 e. The molecule has 0 saturated carbocycles. The largest absolute Gasteiger partial charge is 0.450 e. The number of hydrogen-bond donors (Lipinski definition) is 0. The van der Waals surface area contributed by atoms with Gasteiger partial charge in [-0.1, -0.05) is 13.8 Å². The Morgan fingerprint density at radius 1 is 0.960 bits per heavy atom. The molecule has 7 heteroatoms. The van der Waals surface area contributed by atoms with Crippen LogP contribution in [0.3, 0.4) is 0 Å². The molecule has 2 atom stereocenters. The van der Waals surface area contributed by atoms with Crippen LogP contribution in [-0.2, 0) is 4.74 Å². The minimum Gasteiger partial charge on any atom is -0.450 e. The lowest BCUT2D eigenvalue weighted by atomic mass is 9.91. The smallest absolute Gasteiger partial charge is 0.409 e. The molecule has 0 aliphatic carbocycles. The van der Waals surface area contributed by atoms with Crippen molar-refractivity contribution in [3.8, 4) is 0 Å². The van der Waals surface area contributed by atoms with Crippen molar-refractivity contribution in [1.29, 1.82) is 0 Å². The van der Waals surface area contributed by atoms with Crippen molar-refractivity contribution < 1.29 is 9.53 Å². The summed E-state index contributed by atoms with van der Waals surface area (Å²) >= 11 is 0. The van der Waals surface area contributed by atoms with E-state index in [0.29, 0.717) is 56.0 Å². The van der Waals surface area contributed by atoms with Gasteiger partial charge in [-0.05, 0) is 25.2 Å². The predicted octanol–water partition coefficient (Wildman–Crippen LogP) is 1.04. The van der Waals surface area contributed by atoms with Crippen molar-refractivity contribution in [2.24, 2.45) is 11.8 Å².